The number of anilines is 2. The third-order valence-electron chi connectivity index (χ3n) is 2.60. The smallest absolute Gasteiger partial charge is 0.258 e. The van der Waals surface area contributed by atoms with E-state index in [9.17, 15) is 19.2 Å². The van der Waals surface area contributed by atoms with E-state index in [0.29, 0.717) is 11.5 Å². The van der Waals surface area contributed by atoms with Crippen LogP contribution in [-0.2, 0) is 19.2 Å². The lowest BCUT2D eigenvalue weighted by molar-refractivity contribution is -0.124. The fourth-order valence-electron chi connectivity index (χ4n) is 1.61. The lowest BCUT2D eigenvalue weighted by atomic mass is 10.3. The standard InChI is InChI=1S/C9H8N4O2.C4H3NO2.ClH/c10-12-7-2-1-6(5-11-7)13-8(14)3-4-9(13)15;6-3-1-2-4(7)5-3;/h1-5H,10H2,(H,11,12);1-2H,(H,5,6,7);1H. The molecule has 0 aromatic carbocycles. The Bertz CT molecular complexity index is 665. The van der Waals surface area contributed by atoms with Gasteiger partial charge in [-0.15, -0.1) is 12.4 Å². The van der Waals surface area contributed by atoms with Gasteiger partial charge >= 0.3 is 0 Å². The fraction of sp³-hybridized carbons (Fsp3) is 0. The van der Waals surface area contributed by atoms with E-state index in [1.807, 2.05) is 5.32 Å². The SMILES string of the molecule is Cl.NNc1ccc(N2C(=O)C=CC2=O)cn1.O=C1C=CC(=O)N1. The van der Waals surface area contributed by atoms with Crippen molar-refractivity contribution in [1.29, 1.82) is 0 Å². The van der Waals surface area contributed by atoms with Gasteiger partial charge in [0.1, 0.15) is 5.82 Å². The van der Waals surface area contributed by atoms with Crippen molar-refractivity contribution in [2.45, 2.75) is 0 Å². The molecule has 1 aromatic heterocycles. The minimum absolute atomic E-state index is 0. The molecule has 0 unspecified atom stereocenters. The molecular formula is C13H12ClN5O4. The van der Waals surface area contributed by atoms with Gasteiger partial charge in [0.05, 0.1) is 11.9 Å². The minimum Gasteiger partial charge on any atom is -0.308 e. The molecule has 0 saturated heterocycles. The molecule has 0 spiro atoms. The Morgan fingerprint density at radius 3 is 1.87 bits per heavy atom. The Morgan fingerprint density at radius 2 is 1.52 bits per heavy atom. The molecule has 23 heavy (non-hydrogen) atoms. The van der Waals surface area contributed by atoms with E-state index in [1.165, 1.54) is 30.5 Å². The summed E-state index contributed by atoms with van der Waals surface area (Å²) in [5, 5.41) is 2.03. The van der Waals surface area contributed by atoms with E-state index in [2.05, 4.69) is 10.4 Å². The highest BCUT2D eigenvalue weighted by Crippen LogP contribution is 2.18. The van der Waals surface area contributed by atoms with Gasteiger partial charge in [-0.25, -0.2) is 15.7 Å². The number of carbonyl (C=O) groups is 4. The van der Waals surface area contributed by atoms with Crippen LogP contribution in [0.5, 0.6) is 0 Å². The number of rotatable bonds is 2. The van der Waals surface area contributed by atoms with Crippen LogP contribution >= 0.6 is 12.4 Å². The van der Waals surface area contributed by atoms with Crippen molar-refractivity contribution in [2.75, 3.05) is 10.3 Å². The van der Waals surface area contributed by atoms with Gasteiger partial charge in [-0.3, -0.25) is 24.5 Å². The number of nitrogens with zero attached hydrogens (tertiary/aromatic N) is 2. The Balaban J connectivity index is 0.000000280. The van der Waals surface area contributed by atoms with Crippen LogP contribution in [0.4, 0.5) is 11.5 Å². The number of nitrogen functional groups attached to an aromatic ring is 1. The zero-order chi connectivity index (χ0) is 16.1. The number of nitrogens with two attached hydrogens (primary N) is 1. The second kappa shape index (κ2) is 7.82. The van der Waals surface area contributed by atoms with Crippen LogP contribution in [0, 0.1) is 0 Å². The molecule has 0 atom stereocenters. The molecule has 2 aliphatic heterocycles. The summed E-state index contributed by atoms with van der Waals surface area (Å²) in [5.41, 5.74) is 2.78. The minimum atomic E-state index is -0.366. The molecular weight excluding hydrogens is 326 g/mol. The first-order valence-corrected chi connectivity index (χ1v) is 6.03. The third-order valence-corrected chi connectivity index (χ3v) is 2.60. The van der Waals surface area contributed by atoms with Crippen LogP contribution in [0.25, 0.3) is 0 Å². The van der Waals surface area contributed by atoms with Crippen LogP contribution in [0.1, 0.15) is 0 Å². The topological polar surface area (TPSA) is 134 Å². The lowest BCUT2D eigenvalue weighted by Gasteiger charge is -2.13. The van der Waals surface area contributed by atoms with Crippen LogP contribution < -0.4 is 21.5 Å². The summed E-state index contributed by atoms with van der Waals surface area (Å²) >= 11 is 0. The molecule has 0 aliphatic carbocycles. The summed E-state index contributed by atoms with van der Waals surface area (Å²) in [6, 6.07) is 3.17. The molecule has 10 heteroatoms. The van der Waals surface area contributed by atoms with Crippen LogP contribution in [0.3, 0.4) is 0 Å². The maximum Gasteiger partial charge on any atom is 0.258 e. The van der Waals surface area contributed by atoms with E-state index >= 15 is 0 Å². The largest absolute Gasteiger partial charge is 0.308 e. The van der Waals surface area contributed by atoms with E-state index in [-0.39, 0.29) is 36.0 Å². The first-order valence-electron chi connectivity index (χ1n) is 6.03. The van der Waals surface area contributed by atoms with Crippen molar-refractivity contribution >= 4 is 47.5 Å². The van der Waals surface area contributed by atoms with Crippen LogP contribution in [0.15, 0.2) is 42.6 Å². The Kier molecular flexibility index (Phi) is 6.13. The number of halogens is 1. The van der Waals surface area contributed by atoms with E-state index in [1.54, 1.807) is 12.1 Å². The molecule has 4 N–H and O–H groups in total. The molecule has 0 saturated carbocycles. The second-order valence-corrected chi connectivity index (χ2v) is 4.08. The molecule has 3 rings (SSSR count). The number of imide groups is 2. The molecule has 9 nitrogen and oxygen atoms in total. The number of aromatic nitrogens is 1. The average molecular weight is 338 g/mol. The molecule has 1 aromatic rings. The van der Waals surface area contributed by atoms with E-state index in [0.717, 1.165) is 4.90 Å². The molecule has 0 radical (unpaired) electrons. The summed E-state index contributed by atoms with van der Waals surface area (Å²) in [4.78, 5) is 47.6. The highest BCUT2D eigenvalue weighted by molar-refractivity contribution is 6.28. The Labute approximate surface area is 136 Å². The van der Waals surface area contributed by atoms with Gasteiger partial charge in [0.15, 0.2) is 0 Å². The summed E-state index contributed by atoms with van der Waals surface area (Å²) in [5.74, 6) is 4.21. The van der Waals surface area contributed by atoms with Crippen molar-refractivity contribution in [3.63, 3.8) is 0 Å². The number of nitrogens with one attached hydrogen (secondary N) is 2. The Morgan fingerprint density at radius 1 is 0.957 bits per heavy atom. The highest BCUT2D eigenvalue weighted by Gasteiger charge is 2.25. The quantitative estimate of drug-likeness (QED) is 0.373. The summed E-state index contributed by atoms with van der Waals surface area (Å²) in [6.45, 7) is 0. The summed E-state index contributed by atoms with van der Waals surface area (Å²) in [6.07, 6.45) is 6.23. The number of carbonyl (C=O) groups excluding carboxylic acids is 4. The van der Waals surface area contributed by atoms with E-state index < -0.39 is 0 Å². The number of pyridine rings is 1. The predicted molar refractivity (Wildman–Crippen MR) is 83.2 cm³/mol. The van der Waals surface area contributed by atoms with Gasteiger partial charge in [0, 0.05) is 24.3 Å². The summed E-state index contributed by atoms with van der Waals surface area (Å²) in [7, 11) is 0. The number of amides is 4. The first kappa shape index (κ1) is 18.0. The van der Waals surface area contributed by atoms with Gasteiger partial charge in [0.2, 0.25) is 0 Å². The fourth-order valence-corrected chi connectivity index (χ4v) is 1.61. The lowest BCUT2D eigenvalue weighted by Crippen LogP contribution is -2.29. The van der Waals surface area contributed by atoms with Crippen LogP contribution in [-0.4, -0.2) is 28.6 Å². The normalized spacial score (nSPS) is 15.1. The maximum absolute atomic E-state index is 11.3. The molecule has 3 heterocycles. The van der Waals surface area contributed by atoms with E-state index in [4.69, 9.17) is 5.84 Å². The molecule has 120 valence electrons. The van der Waals surface area contributed by atoms with Crippen molar-refractivity contribution in [3.05, 3.63) is 42.6 Å². The second-order valence-electron chi connectivity index (χ2n) is 4.08. The van der Waals surface area contributed by atoms with Gasteiger partial charge < -0.3 is 5.43 Å². The first-order chi connectivity index (χ1) is 10.5. The van der Waals surface area contributed by atoms with Gasteiger partial charge in [0.25, 0.3) is 23.6 Å². The summed E-state index contributed by atoms with van der Waals surface area (Å²) < 4.78 is 0. The van der Waals surface area contributed by atoms with Gasteiger partial charge in [-0.2, -0.15) is 0 Å². The number of hydrazine groups is 1. The van der Waals surface area contributed by atoms with Crippen molar-refractivity contribution in [2.24, 2.45) is 5.84 Å². The van der Waals surface area contributed by atoms with Crippen molar-refractivity contribution in [1.82, 2.24) is 10.3 Å². The van der Waals surface area contributed by atoms with Gasteiger partial charge in [-0.05, 0) is 12.1 Å². The monoisotopic (exact) mass is 337 g/mol. The highest BCUT2D eigenvalue weighted by atomic mass is 35.5. The average Bonchev–Trinajstić information content (AvgIpc) is 3.05. The number of hydrogen-bond donors (Lipinski definition) is 3. The Hall–Kier alpha value is -3.04. The van der Waals surface area contributed by atoms with Crippen molar-refractivity contribution < 1.29 is 19.2 Å². The zero-order valence-corrected chi connectivity index (χ0v) is 12.4. The molecule has 0 bridgehead atoms. The maximum atomic E-state index is 11.3. The van der Waals surface area contributed by atoms with Gasteiger partial charge in [-0.1, -0.05) is 0 Å². The predicted octanol–water partition coefficient (Wildman–Crippen LogP) is -0.583. The molecule has 2 aliphatic rings. The van der Waals surface area contributed by atoms with Crippen molar-refractivity contribution in [3.8, 4) is 0 Å². The molecule has 4 amide bonds. The van der Waals surface area contributed by atoms with Crippen LogP contribution in [0.2, 0.25) is 0 Å². The number of hydrogen-bond acceptors (Lipinski definition) is 7. The third kappa shape index (κ3) is 4.46. The zero-order valence-electron chi connectivity index (χ0n) is 11.6. The molecule has 0 fully saturated rings.